The number of para-hydroxylation sites is 1. The SMILES string of the molecule is CC(N[P@@](=O)(OC[C@H]1O[C@@H](n2ccc3c(NO)ncnc32)[C@H](O)[C@@H]1O)Oc1ccccc1)C(=O)O. The Morgan fingerprint density at radius 1 is 1.23 bits per heavy atom. The minimum absolute atomic E-state index is 0.138. The lowest BCUT2D eigenvalue weighted by Gasteiger charge is -2.24. The number of nitrogens with one attached hydrogen (secondary N) is 2. The molecule has 188 valence electrons. The van der Waals surface area contributed by atoms with Gasteiger partial charge in [0.25, 0.3) is 0 Å². The molecule has 4 rings (SSSR count). The van der Waals surface area contributed by atoms with E-state index in [9.17, 15) is 29.9 Å². The fourth-order valence-corrected chi connectivity index (χ4v) is 5.04. The zero-order valence-electron chi connectivity index (χ0n) is 18.3. The zero-order valence-corrected chi connectivity index (χ0v) is 19.2. The minimum atomic E-state index is -4.25. The number of aliphatic hydroxyl groups excluding tert-OH is 2. The van der Waals surface area contributed by atoms with Gasteiger partial charge in [-0.2, -0.15) is 5.09 Å². The number of hydrogen-bond acceptors (Lipinski definition) is 11. The third kappa shape index (κ3) is 5.28. The maximum absolute atomic E-state index is 13.3. The van der Waals surface area contributed by atoms with Gasteiger partial charge in [-0.3, -0.25) is 20.0 Å². The molecule has 1 aromatic carbocycles. The minimum Gasteiger partial charge on any atom is -0.480 e. The van der Waals surface area contributed by atoms with Crippen LogP contribution in [0.3, 0.4) is 0 Å². The molecule has 1 fully saturated rings. The van der Waals surface area contributed by atoms with Crippen LogP contribution < -0.4 is 15.1 Å². The van der Waals surface area contributed by atoms with Crippen LogP contribution in [0, 0.1) is 0 Å². The monoisotopic (exact) mass is 509 g/mol. The Morgan fingerprint density at radius 2 is 1.97 bits per heavy atom. The largest absolute Gasteiger partial charge is 0.480 e. The molecular formula is C20H24N5O9P. The van der Waals surface area contributed by atoms with E-state index in [2.05, 4.69) is 15.1 Å². The Balaban J connectivity index is 1.51. The van der Waals surface area contributed by atoms with Crippen LogP contribution in [0.4, 0.5) is 5.82 Å². The van der Waals surface area contributed by atoms with E-state index in [1.165, 1.54) is 36.1 Å². The molecule has 1 aliphatic heterocycles. The van der Waals surface area contributed by atoms with Crippen molar-refractivity contribution in [3.63, 3.8) is 0 Å². The normalized spacial score (nSPS) is 24.7. The average molecular weight is 509 g/mol. The number of aliphatic carboxylic acids is 1. The lowest BCUT2D eigenvalue weighted by atomic mass is 10.1. The number of nitrogens with zero attached hydrogens (tertiary/aromatic N) is 3. The molecule has 3 aromatic rings. The molecule has 0 spiro atoms. The molecule has 15 heteroatoms. The van der Waals surface area contributed by atoms with Crippen molar-refractivity contribution in [1.82, 2.24) is 19.6 Å². The highest BCUT2D eigenvalue weighted by Crippen LogP contribution is 2.46. The fourth-order valence-electron chi connectivity index (χ4n) is 3.54. The van der Waals surface area contributed by atoms with Gasteiger partial charge in [-0.05, 0) is 25.1 Å². The summed E-state index contributed by atoms with van der Waals surface area (Å²) in [6, 6.07) is 8.31. The topological polar surface area (TPSA) is 198 Å². The molecule has 35 heavy (non-hydrogen) atoms. The number of carboxylic acids is 1. The number of carbonyl (C=O) groups is 1. The zero-order chi connectivity index (χ0) is 25.2. The highest BCUT2D eigenvalue weighted by molar-refractivity contribution is 7.52. The second kappa shape index (κ2) is 10.3. The first-order valence-electron chi connectivity index (χ1n) is 10.5. The molecule has 6 atom stereocenters. The van der Waals surface area contributed by atoms with E-state index < -0.39 is 50.9 Å². The van der Waals surface area contributed by atoms with Crippen molar-refractivity contribution in [1.29, 1.82) is 0 Å². The molecule has 6 N–H and O–H groups in total. The lowest BCUT2D eigenvalue weighted by molar-refractivity contribution is -0.138. The Kier molecular flexibility index (Phi) is 7.33. The highest BCUT2D eigenvalue weighted by Gasteiger charge is 2.45. The summed E-state index contributed by atoms with van der Waals surface area (Å²) in [5.41, 5.74) is 2.26. The van der Waals surface area contributed by atoms with Gasteiger partial charge < -0.3 is 29.1 Å². The number of carboxylic acid groups (broad SMARTS) is 1. The summed E-state index contributed by atoms with van der Waals surface area (Å²) in [6.07, 6.45) is -2.39. The van der Waals surface area contributed by atoms with Crippen LogP contribution in [-0.4, -0.2) is 72.0 Å². The number of anilines is 1. The van der Waals surface area contributed by atoms with Crippen molar-refractivity contribution in [2.75, 3.05) is 12.1 Å². The van der Waals surface area contributed by atoms with E-state index in [1.807, 2.05) is 5.48 Å². The lowest BCUT2D eigenvalue weighted by Crippen LogP contribution is -2.36. The van der Waals surface area contributed by atoms with Gasteiger partial charge in [0.15, 0.2) is 12.0 Å². The smallest absolute Gasteiger partial charge is 0.459 e. The molecule has 0 saturated carbocycles. The van der Waals surface area contributed by atoms with Crippen molar-refractivity contribution in [3.8, 4) is 5.75 Å². The third-order valence-electron chi connectivity index (χ3n) is 5.33. The van der Waals surface area contributed by atoms with Crippen LogP contribution in [-0.2, 0) is 18.6 Å². The number of fused-ring (bicyclic) bond motifs is 1. The summed E-state index contributed by atoms with van der Waals surface area (Å²) in [4.78, 5) is 19.3. The summed E-state index contributed by atoms with van der Waals surface area (Å²) in [6.45, 7) is 0.762. The Bertz CT molecular complexity index is 1230. The first kappa shape index (κ1) is 25.0. The number of aromatic nitrogens is 3. The maximum Gasteiger partial charge on any atom is 0.459 e. The standard InChI is InChI=1S/C20H24N5O9P/c1-11(20(28)29)24-35(31,34-12-5-3-2-4-6-12)32-9-14-15(26)16(27)19(33-14)25-8-7-13-17(23-30)21-10-22-18(13)25/h2-8,10-11,14-16,19,26-27,30H,9H2,1H3,(H,24,31)(H,28,29)(H,21,22,23)/t11?,14-,15-,16-,19-,35-/m1/s1. The fraction of sp³-hybridized carbons (Fsp3) is 0.350. The summed E-state index contributed by atoms with van der Waals surface area (Å²) < 4.78 is 31.4. The molecule has 0 amide bonds. The third-order valence-corrected chi connectivity index (χ3v) is 6.97. The first-order valence-corrected chi connectivity index (χ1v) is 12.0. The van der Waals surface area contributed by atoms with Gasteiger partial charge in [0.2, 0.25) is 0 Å². The van der Waals surface area contributed by atoms with E-state index in [-0.39, 0.29) is 11.6 Å². The average Bonchev–Trinajstić information content (AvgIpc) is 3.39. The highest BCUT2D eigenvalue weighted by atomic mass is 31.2. The number of ether oxygens (including phenoxy) is 1. The van der Waals surface area contributed by atoms with E-state index in [0.29, 0.717) is 11.0 Å². The Labute approximate surface area is 198 Å². The Hall–Kier alpha value is -3.10. The summed E-state index contributed by atoms with van der Waals surface area (Å²) >= 11 is 0. The van der Waals surface area contributed by atoms with Crippen molar-refractivity contribution >= 4 is 30.6 Å². The first-order chi connectivity index (χ1) is 16.7. The van der Waals surface area contributed by atoms with E-state index in [0.717, 1.165) is 0 Å². The summed E-state index contributed by atoms with van der Waals surface area (Å²) in [7, 11) is -4.25. The van der Waals surface area contributed by atoms with Crippen LogP contribution in [0.2, 0.25) is 0 Å². The van der Waals surface area contributed by atoms with Crippen LogP contribution in [0.15, 0.2) is 48.9 Å². The molecular weight excluding hydrogens is 485 g/mol. The Morgan fingerprint density at radius 3 is 2.66 bits per heavy atom. The second-order valence-electron chi connectivity index (χ2n) is 7.73. The molecule has 14 nitrogen and oxygen atoms in total. The van der Waals surface area contributed by atoms with Crippen molar-refractivity contribution in [2.24, 2.45) is 0 Å². The van der Waals surface area contributed by atoms with E-state index in [4.69, 9.17) is 13.8 Å². The van der Waals surface area contributed by atoms with Gasteiger partial charge in [-0.25, -0.2) is 14.5 Å². The van der Waals surface area contributed by atoms with Crippen LogP contribution >= 0.6 is 7.75 Å². The summed E-state index contributed by atoms with van der Waals surface area (Å²) in [5, 5.41) is 42.4. The summed E-state index contributed by atoms with van der Waals surface area (Å²) in [5.74, 6) is -0.978. The molecule has 3 heterocycles. The molecule has 1 saturated heterocycles. The predicted octanol–water partition coefficient (Wildman–Crippen LogP) is 1.12. The predicted molar refractivity (Wildman–Crippen MR) is 120 cm³/mol. The van der Waals surface area contributed by atoms with Gasteiger partial charge in [0.05, 0.1) is 12.0 Å². The maximum atomic E-state index is 13.3. The van der Waals surface area contributed by atoms with Gasteiger partial charge in [0, 0.05) is 6.20 Å². The van der Waals surface area contributed by atoms with Crippen LogP contribution in [0.1, 0.15) is 13.2 Å². The van der Waals surface area contributed by atoms with Gasteiger partial charge in [-0.15, -0.1) is 0 Å². The van der Waals surface area contributed by atoms with Gasteiger partial charge in [-0.1, -0.05) is 18.2 Å². The van der Waals surface area contributed by atoms with E-state index in [1.54, 1.807) is 24.3 Å². The van der Waals surface area contributed by atoms with Crippen LogP contribution in [0.5, 0.6) is 5.75 Å². The van der Waals surface area contributed by atoms with Gasteiger partial charge in [0.1, 0.15) is 42.1 Å². The molecule has 1 aliphatic rings. The number of hydrogen-bond donors (Lipinski definition) is 6. The quantitative estimate of drug-likeness (QED) is 0.168. The molecule has 0 radical (unpaired) electrons. The number of aliphatic hydroxyl groups is 2. The second-order valence-corrected chi connectivity index (χ2v) is 9.42. The molecule has 0 aliphatic carbocycles. The number of rotatable bonds is 10. The number of benzene rings is 1. The van der Waals surface area contributed by atoms with Gasteiger partial charge >= 0.3 is 13.7 Å². The van der Waals surface area contributed by atoms with Crippen LogP contribution in [0.25, 0.3) is 11.0 Å². The van der Waals surface area contributed by atoms with Crippen molar-refractivity contribution < 1.29 is 43.7 Å². The molecule has 0 bridgehead atoms. The molecule has 1 unspecified atom stereocenters. The van der Waals surface area contributed by atoms with E-state index >= 15 is 0 Å². The van der Waals surface area contributed by atoms with Crippen molar-refractivity contribution in [3.05, 3.63) is 48.9 Å². The molecule has 2 aromatic heterocycles. The van der Waals surface area contributed by atoms with Crippen molar-refractivity contribution in [2.45, 2.75) is 37.5 Å².